The normalized spacial score (nSPS) is 33.5. The summed E-state index contributed by atoms with van der Waals surface area (Å²) in [4.78, 5) is 0. The van der Waals surface area contributed by atoms with E-state index in [1.165, 1.54) is 31.2 Å². The third-order valence-electron chi connectivity index (χ3n) is 4.30. The van der Waals surface area contributed by atoms with Gasteiger partial charge in [-0.3, -0.25) is 0 Å². The number of hydrogen-bond donors (Lipinski definition) is 0. The molecule has 0 N–H and O–H groups in total. The summed E-state index contributed by atoms with van der Waals surface area (Å²) in [6, 6.07) is 9.38. The van der Waals surface area contributed by atoms with Gasteiger partial charge in [-0.2, -0.15) is 0 Å². The minimum atomic E-state index is 0.895. The predicted octanol–water partition coefficient (Wildman–Crippen LogP) is 4.53. The molecule has 2 bridgehead atoms. The fraction of sp³-hybridized carbons (Fsp3) is 0.571. The van der Waals surface area contributed by atoms with Gasteiger partial charge in [-0.1, -0.05) is 53.3 Å². The highest BCUT2D eigenvalue weighted by atomic mass is 127. The third-order valence-corrected chi connectivity index (χ3v) is 5.18. The second-order valence-electron chi connectivity index (χ2n) is 5.16. The summed E-state index contributed by atoms with van der Waals surface area (Å²) in [6.45, 7) is 0. The van der Waals surface area contributed by atoms with Crippen molar-refractivity contribution in [2.75, 3.05) is 0 Å². The number of halogens is 1. The molecule has 1 aromatic rings. The first-order chi connectivity index (χ1) is 7.36. The molecule has 2 fully saturated rings. The summed E-state index contributed by atoms with van der Waals surface area (Å²) < 4.78 is 1.13. The number of hydrogen-bond acceptors (Lipinski definition) is 0. The van der Waals surface area contributed by atoms with Gasteiger partial charge in [0.25, 0.3) is 0 Å². The lowest BCUT2D eigenvalue weighted by Crippen LogP contribution is -2.08. The van der Waals surface area contributed by atoms with E-state index in [1.54, 1.807) is 5.56 Å². The topological polar surface area (TPSA) is 0 Å². The van der Waals surface area contributed by atoms with Gasteiger partial charge in [-0.05, 0) is 48.1 Å². The molecule has 15 heavy (non-hydrogen) atoms. The quantitative estimate of drug-likeness (QED) is 0.556. The lowest BCUT2D eigenvalue weighted by molar-refractivity contribution is 0.420. The van der Waals surface area contributed by atoms with Crippen LogP contribution in [0.25, 0.3) is 0 Å². The Hall–Kier alpha value is -0.0500. The smallest absolute Gasteiger partial charge is 0.0247 e. The number of rotatable bonds is 2. The zero-order valence-corrected chi connectivity index (χ0v) is 11.1. The first-order valence-corrected chi connectivity index (χ1v) is 7.54. The molecule has 0 amide bonds. The fourth-order valence-electron chi connectivity index (χ4n) is 3.51. The van der Waals surface area contributed by atoms with Crippen molar-refractivity contribution >= 4 is 22.6 Å². The van der Waals surface area contributed by atoms with Gasteiger partial charge in [0.1, 0.15) is 0 Å². The zero-order valence-electron chi connectivity index (χ0n) is 8.95. The monoisotopic (exact) mass is 312 g/mol. The van der Waals surface area contributed by atoms with Crippen molar-refractivity contribution in [3.8, 4) is 0 Å². The van der Waals surface area contributed by atoms with E-state index in [-0.39, 0.29) is 0 Å². The second-order valence-corrected chi connectivity index (χ2v) is 5.92. The van der Waals surface area contributed by atoms with Crippen molar-refractivity contribution in [2.24, 2.45) is 11.8 Å². The molecule has 0 radical (unpaired) electrons. The Morgan fingerprint density at radius 1 is 1.07 bits per heavy atom. The van der Waals surface area contributed by atoms with Gasteiger partial charge in [0.15, 0.2) is 0 Å². The standard InChI is InChI=1S/C14H17I/c15-9-10-1-4-12(5-2-10)14-8-11-3-6-13(14)7-11/h1-2,4-5,11,13-14H,3,6-9H2. The highest BCUT2D eigenvalue weighted by molar-refractivity contribution is 14.1. The van der Waals surface area contributed by atoms with Crippen LogP contribution in [-0.2, 0) is 4.43 Å². The molecule has 80 valence electrons. The molecule has 0 heterocycles. The second kappa shape index (κ2) is 4.08. The van der Waals surface area contributed by atoms with Gasteiger partial charge in [0.05, 0.1) is 0 Å². The van der Waals surface area contributed by atoms with Crippen LogP contribution in [0.15, 0.2) is 24.3 Å². The van der Waals surface area contributed by atoms with E-state index in [0.717, 1.165) is 22.2 Å². The molecule has 2 saturated carbocycles. The van der Waals surface area contributed by atoms with Crippen LogP contribution in [0.2, 0.25) is 0 Å². The molecule has 0 nitrogen and oxygen atoms in total. The van der Waals surface area contributed by atoms with Crippen molar-refractivity contribution in [3.63, 3.8) is 0 Å². The van der Waals surface area contributed by atoms with Crippen LogP contribution >= 0.6 is 22.6 Å². The highest BCUT2D eigenvalue weighted by Crippen LogP contribution is 2.52. The molecular formula is C14H17I. The van der Waals surface area contributed by atoms with Crippen molar-refractivity contribution in [1.29, 1.82) is 0 Å². The first kappa shape index (κ1) is 10.1. The number of alkyl halides is 1. The van der Waals surface area contributed by atoms with Gasteiger partial charge < -0.3 is 0 Å². The van der Waals surface area contributed by atoms with E-state index in [9.17, 15) is 0 Å². The fourth-order valence-corrected chi connectivity index (χ4v) is 4.02. The molecular weight excluding hydrogens is 295 g/mol. The largest absolute Gasteiger partial charge is 0.0812 e. The lowest BCUT2D eigenvalue weighted by Gasteiger charge is -2.22. The molecule has 2 aliphatic rings. The van der Waals surface area contributed by atoms with E-state index in [1.807, 2.05) is 0 Å². The SMILES string of the molecule is ICc1ccc(C2CC3CCC2C3)cc1. The summed E-state index contributed by atoms with van der Waals surface area (Å²) in [5.41, 5.74) is 3.07. The average molecular weight is 312 g/mol. The zero-order chi connectivity index (χ0) is 10.3. The molecule has 2 aliphatic carbocycles. The van der Waals surface area contributed by atoms with E-state index in [4.69, 9.17) is 0 Å². The van der Waals surface area contributed by atoms with Crippen LogP contribution in [0.5, 0.6) is 0 Å². The van der Waals surface area contributed by atoms with Gasteiger partial charge in [0.2, 0.25) is 0 Å². The van der Waals surface area contributed by atoms with Crippen LogP contribution in [-0.4, -0.2) is 0 Å². The number of benzene rings is 1. The first-order valence-electron chi connectivity index (χ1n) is 6.01. The number of fused-ring (bicyclic) bond motifs is 2. The van der Waals surface area contributed by atoms with Gasteiger partial charge in [-0.25, -0.2) is 0 Å². The Morgan fingerprint density at radius 2 is 1.87 bits per heavy atom. The predicted molar refractivity (Wildman–Crippen MR) is 72.4 cm³/mol. The maximum absolute atomic E-state index is 2.43. The Bertz CT molecular complexity index is 341. The van der Waals surface area contributed by atoms with E-state index >= 15 is 0 Å². The molecule has 3 unspecified atom stereocenters. The summed E-state index contributed by atoms with van der Waals surface area (Å²) in [6.07, 6.45) is 5.98. The average Bonchev–Trinajstić information content (AvgIpc) is 2.91. The Labute approximate surface area is 106 Å². The van der Waals surface area contributed by atoms with E-state index < -0.39 is 0 Å². The van der Waals surface area contributed by atoms with Crippen LogP contribution < -0.4 is 0 Å². The van der Waals surface area contributed by atoms with Crippen molar-refractivity contribution < 1.29 is 0 Å². The molecule has 1 heteroatoms. The Kier molecular flexibility index (Phi) is 2.75. The third kappa shape index (κ3) is 1.83. The molecule has 0 spiro atoms. The van der Waals surface area contributed by atoms with Crippen molar-refractivity contribution in [3.05, 3.63) is 35.4 Å². The maximum atomic E-state index is 2.43. The summed E-state index contributed by atoms with van der Waals surface area (Å²) in [5.74, 6) is 2.97. The van der Waals surface area contributed by atoms with Gasteiger partial charge in [-0.15, -0.1) is 0 Å². The molecule has 3 atom stereocenters. The van der Waals surface area contributed by atoms with Crippen LogP contribution in [0.4, 0.5) is 0 Å². The van der Waals surface area contributed by atoms with Crippen LogP contribution in [0.3, 0.4) is 0 Å². The Morgan fingerprint density at radius 3 is 2.40 bits per heavy atom. The van der Waals surface area contributed by atoms with Crippen molar-refractivity contribution in [2.45, 2.75) is 36.0 Å². The molecule has 3 rings (SSSR count). The maximum Gasteiger partial charge on any atom is 0.0247 e. The molecule has 0 aliphatic heterocycles. The minimum absolute atomic E-state index is 0.895. The Balaban J connectivity index is 1.81. The van der Waals surface area contributed by atoms with E-state index in [2.05, 4.69) is 46.9 Å². The highest BCUT2D eigenvalue weighted by Gasteiger charge is 2.39. The molecule has 1 aromatic carbocycles. The van der Waals surface area contributed by atoms with Crippen LogP contribution in [0, 0.1) is 11.8 Å². The summed E-state index contributed by atoms with van der Waals surface area (Å²) in [5, 5.41) is 0. The lowest BCUT2D eigenvalue weighted by atomic mass is 9.83. The summed E-state index contributed by atoms with van der Waals surface area (Å²) in [7, 11) is 0. The van der Waals surface area contributed by atoms with Gasteiger partial charge >= 0.3 is 0 Å². The summed E-state index contributed by atoms with van der Waals surface area (Å²) >= 11 is 2.43. The van der Waals surface area contributed by atoms with Crippen LogP contribution in [0.1, 0.15) is 42.7 Å². The minimum Gasteiger partial charge on any atom is -0.0812 e. The van der Waals surface area contributed by atoms with Crippen molar-refractivity contribution in [1.82, 2.24) is 0 Å². The molecule has 0 aromatic heterocycles. The molecule has 0 saturated heterocycles. The van der Waals surface area contributed by atoms with E-state index in [0.29, 0.717) is 0 Å². The van der Waals surface area contributed by atoms with Gasteiger partial charge in [0, 0.05) is 4.43 Å².